The van der Waals surface area contributed by atoms with Gasteiger partial charge in [0, 0.05) is 26.0 Å². The second kappa shape index (κ2) is 16.9. The molecule has 0 rings (SSSR count). The van der Waals surface area contributed by atoms with Gasteiger partial charge in [-0.15, -0.1) is 0 Å². The van der Waals surface area contributed by atoms with Crippen molar-refractivity contribution in [2.75, 3.05) is 14.2 Å². The molecule has 0 aliphatic heterocycles. The van der Waals surface area contributed by atoms with Crippen LogP contribution in [-0.2, 0) is 9.47 Å². The number of hydrogen-bond donors (Lipinski definition) is 1. The van der Waals surface area contributed by atoms with Crippen molar-refractivity contribution in [3.63, 3.8) is 0 Å². The highest BCUT2D eigenvalue weighted by atomic mass is 16.7. The molecular formula is C15H31NO3. The largest absolute Gasteiger partial charge is 0.509 e. The minimum atomic E-state index is -0.589. The van der Waals surface area contributed by atoms with Gasteiger partial charge in [0.1, 0.15) is 5.76 Å². The fraction of sp³-hybridized carbons (Fsp3) is 0.667. The SMILES string of the molecule is C=C(O)/C=C(\N=C(C)C)C(OC)OC.CC.CCC. The van der Waals surface area contributed by atoms with E-state index < -0.39 is 6.29 Å². The lowest BCUT2D eigenvalue weighted by Crippen LogP contribution is -2.15. The topological polar surface area (TPSA) is 51.1 Å². The molecule has 4 heteroatoms. The highest BCUT2D eigenvalue weighted by Crippen LogP contribution is 2.11. The van der Waals surface area contributed by atoms with Gasteiger partial charge in [-0.1, -0.05) is 40.7 Å². The maximum atomic E-state index is 9.02. The molecule has 1 N–H and O–H groups in total. The molecule has 0 aliphatic carbocycles. The average molecular weight is 273 g/mol. The van der Waals surface area contributed by atoms with Crippen molar-refractivity contribution in [1.29, 1.82) is 0 Å². The molecule has 114 valence electrons. The fourth-order valence-electron chi connectivity index (χ4n) is 0.920. The summed E-state index contributed by atoms with van der Waals surface area (Å²) in [6.07, 6.45) is 2.07. The molecule has 0 aromatic carbocycles. The van der Waals surface area contributed by atoms with Crippen molar-refractivity contribution < 1.29 is 14.6 Å². The molecule has 0 radical (unpaired) electrons. The Morgan fingerprint density at radius 3 is 1.79 bits per heavy atom. The van der Waals surface area contributed by atoms with Gasteiger partial charge in [-0.05, 0) is 13.8 Å². The second-order valence-electron chi connectivity index (χ2n) is 3.63. The number of ether oxygens (including phenoxy) is 2. The van der Waals surface area contributed by atoms with Gasteiger partial charge in [-0.3, -0.25) is 4.99 Å². The van der Waals surface area contributed by atoms with E-state index in [9.17, 15) is 0 Å². The van der Waals surface area contributed by atoms with Gasteiger partial charge in [0.25, 0.3) is 0 Å². The van der Waals surface area contributed by atoms with Crippen molar-refractivity contribution in [1.82, 2.24) is 0 Å². The highest BCUT2D eigenvalue weighted by molar-refractivity contribution is 5.80. The number of hydrogen-bond acceptors (Lipinski definition) is 4. The Morgan fingerprint density at radius 1 is 1.21 bits per heavy atom. The lowest BCUT2D eigenvalue weighted by molar-refractivity contribution is -0.0755. The zero-order valence-electron chi connectivity index (χ0n) is 13.8. The Hall–Kier alpha value is -1.13. The van der Waals surface area contributed by atoms with Crippen LogP contribution in [0.25, 0.3) is 0 Å². The third kappa shape index (κ3) is 16.9. The molecule has 4 nitrogen and oxygen atoms in total. The number of nitrogens with zero attached hydrogens (tertiary/aromatic N) is 1. The molecule has 0 aromatic rings. The number of aliphatic hydroxyl groups is 1. The van der Waals surface area contributed by atoms with Crippen LogP contribution in [-0.4, -0.2) is 31.3 Å². The molecule has 0 aliphatic rings. The molecule has 0 bridgehead atoms. The van der Waals surface area contributed by atoms with Crippen molar-refractivity contribution in [3.8, 4) is 0 Å². The summed E-state index contributed by atoms with van der Waals surface area (Å²) in [6, 6.07) is 0. The Balaban J connectivity index is -0.000000445. The zero-order valence-corrected chi connectivity index (χ0v) is 13.8. The van der Waals surface area contributed by atoms with Gasteiger partial charge in [0.2, 0.25) is 6.29 Å². The lowest BCUT2D eigenvalue weighted by Gasteiger charge is -2.14. The van der Waals surface area contributed by atoms with E-state index in [1.54, 1.807) is 0 Å². The smallest absolute Gasteiger partial charge is 0.200 e. The van der Waals surface area contributed by atoms with Crippen LogP contribution >= 0.6 is 0 Å². The van der Waals surface area contributed by atoms with E-state index in [2.05, 4.69) is 25.4 Å². The summed E-state index contributed by atoms with van der Waals surface area (Å²) < 4.78 is 10.0. The number of methoxy groups -OCH3 is 2. The van der Waals surface area contributed by atoms with E-state index in [0.29, 0.717) is 5.70 Å². The molecule has 0 unspecified atom stereocenters. The summed E-state index contributed by atoms with van der Waals surface area (Å²) in [7, 11) is 3.01. The summed E-state index contributed by atoms with van der Waals surface area (Å²) in [4.78, 5) is 4.17. The van der Waals surface area contributed by atoms with Crippen LogP contribution in [0.4, 0.5) is 0 Å². The number of aliphatic hydroxyl groups excluding tert-OH is 1. The van der Waals surface area contributed by atoms with E-state index in [0.717, 1.165) is 5.71 Å². The molecule has 0 spiro atoms. The Labute approximate surface area is 118 Å². The molecule has 0 saturated carbocycles. The van der Waals surface area contributed by atoms with Crippen LogP contribution in [0.5, 0.6) is 0 Å². The lowest BCUT2D eigenvalue weighted by atomic mass is 10.3. The molecular weight excluding hydrogens is 242 g/mol. The maximum absolute atomic E-state index is 9.02. The van der Waals surface area contributed by atoms with E-state index in [1.165, 1.54) is 26.7 Å². The highest BCUT2D eigenvalue weighted by Gasteiger charge is 2.11. The normalized spacial score (nSPS) is 9.84. The van der Waals surface area contributed by atoms with E-state index >= 15 is 0 Å². The monoisotopic (exact) mass is 273 g/mol. The third-order valence-electron chi connectivity index (χ3n) is 1.34. The van der Waals surface area contributed by atoms with Gasteiger partial charge in [-0.25, -0.2) is 0 Å². The Kier molecular flexibility index (Phi) is 20.4. The summed E-state index contributed by atoms with van der Waals surface area (Å²) >= 11 is 0. The van der Waals surface area contributed by atoms with Crippen LogP contribution < -0.4 is 0 Å². The van der Waals surface area contributed by atoms with Gasteiger partial charge >= 0.3 is 0 Å². The Bertz CT molecular complexity index is 263. The van der Waals surface area contributed by atoms with Gasteiger partial charge < -0.3 is 14.6 Å². The first-order chi connectivity index (χ1) is 8.92. The second-order valence-corrected chi connectivity index (χ2v) is 3.63. The quantitative estimate of drug-likeness (QED) is 0.347. The maximum Gasteiger partial charge on any atom is 0.200 e. The van der Waals surface area contributed by atoms with Crippen LogP contribution in [0.3, 0.4) is 0 Å². The summed E-state index contributed by atoms with van der Waals surface area (Å²) in [5, 5.41) is 9.02. The van der Waals surface area contributed by atoms with Crippen molar-refractivity contribution >= 4 is 5.71 Å². The third-order valence-corrected chi connectivity index (χ3v) is 1.34. The van der Waals surface area contributed by atoms with Crippen molar-refractivity contribution in [2.24, 2.45) is 4.99 Å². The van der Waals surface area contributed by atoms with Crippen LogP contribution in [0.2, 0.25) is 0 Å². The first kappa shape index (κ1) is 23.0. The van der Waals surface area contributed by atoms with Crippen LogP contribution in [0, 0.1) is 0 Å². The van der Waals surface area contributed by atoms with Gasteiger partial charge in [-0.2, -0.15) is 0 Å². The average Bonchev–Trinajstić information content (AvgIpc) is 2.32. The van der Waals surface area contributed by atoms with Crippen LogP contribution in [0.1, 0.15) is 48.0 Å². The predicted octanol–water partition coefficient (Wildman–Crippen LogP) is 4.48. The van der Waals surface area contributed by atoms with Crippen molar-refractivity contribution in [3.05, 3.63) is 24.1 Å². The minimum Gasteiger partial charge on any atom is -0.509 e. The van der Waals surface area contributed by atoms with E-state index in [-0.39, 0.29) is 5.76 Å². The Morgan fingerprint density at radius 2 is 1.58 bits per heavy atom. The molecule has 0 atom stereocenters. The zero-order chi connectivity index (χ0) is 15.8. The van der Waals surface area contributed by atoms with Crippen molar-refractivity contribution in [2.45, 2.75) is 54.3 Å². The number of aliphatic imine (C=N–C) groups is 1. The molecule has 0 heterocycles. The first-order valence-corrected chi connectivity index (χ1v) is 6.59. The number of rotatable bonds is 5. The minimum absolute atomic E-state index is 0.0795. The van der Waals surface area contributed by atoms with Gasteiger partial charge in [0.15, 0.2) is 0 Å². The summed E-state index contributed by atoms with van der Waals surface area (Å²) in [6.45, 7) is 15.3. The first-order valence-electron chi connectivity index (χ1n) is 6.59. The summed E-state index contributed by atoms with van der Waals surface area (Å²) in [5.74, 6) is -0.0795. The predicted molar refractivity (Wildman–Crippen MR) is 83.8 cm³/mol. The van der Waals surface area contributed by atoms with E-state index in [1.807, 2.05) is 27.7 Å². The molecule has 19 heavy (non-hydrogen) atoms. The standard InChI is InChI=1S/C10H17NO3.C3H8.C2H6/c1-7(2)11-9(6-8(3)12)10(13-4)14-5;1-3-2;1-2/h6,10,12H,3H2,1-2,4-5H3;3H2,1-2H3;1-2H3/b9-6-;;. The van der Waals surface area contributed by atoms with Crippen LogP contribution in [0.15, 0.2) is 29.1 Å². The summed E-state index contributed by atoms with van der Waals surface area (Å²) in [5.41, 5.74) is 1.33. The molecule has 0 aromatic heterocycles. The number of allylic oxidation sites excluding steroid dienone is 1. The fourth-order valence-corrected chi connectivity index (χ4v) is 0.920. The van der Waals surface area contributed by atoms with Gasteiger partial charge in [0.05, 0.1) is 5.70 Å². The molecule has 0 fully saturated rings. The molecule has 0 saturated heterocycles. The molecule has 0 amide bonds. The van der Waals surface area contributed by atoms with E-state index in [4.69, 9.17) is 14.6 Å².